The Balaban J connectivity index is 1.47. The van der Waals surface area contributed by atoms with Gasteiger partial charge in [-0.15, -0.1) is 0 Å². The zero-order valence-corrected chi connectivity index (χ0v) is 14.4. The van der Waals surface area contributed by atoms with Crippen LogP contribution >= 0.6 is 0 Å². The van der Waals surface area contributed by atoms with Crippen molar-refractivity contribution >= 4 is 0 Å². The van der Waals surface area contributed by atoms with Gasteiger partial charge in [0.25, 0.3) is 0 Å². The molecule has 2 aromatic rings. The van der Waals surface area contributed by atoms with E-state index in [1.165, 1.54) is 24.1 Å². The molecule has 2 aromatic heterocycles. The molecule has 0 spiro atoms. The minimum Gasteiger partial charge on any atom is -0.475 e. The molecule has 24 heavy (non-hydrogen) atoms. The molecule has 1 aliphatic carbocycles. The van der Waals surface area contributed by atoms with Gasteiger partial charge in [-0.05, 0) is 32.8 Å². The largest absolute Gasteiger partial charge is 0.475 e. The van der Waals surface area contributed by atoms with Crippen molar-refractivity contribution in [3.8, 4) is 5.88 Å². The van der Waals surface area contributed by atoms with Crippen LogP contribution in [0, 0.1) is 0 Å². The second-order valence-corrected chi connectivity index (χ2v) is 7.07. The van der Waals surface area contributed by atoms with Crippen LogP contribution in [0.2, 0.25) is 0 Å². The van der Waals surface area contributed by atoms with E-state index in [1.807, 2.05) is 26.1 Å². The van der Waals surface area contributed by atoms with Crippen molar-refractivity contribution < 1.29 is 4.74 Å². The van der Waals surface area contributed by atoms with Crippen molar-refractivity contribution in [3.05, 3.63) is 47.2 Å². The lowest BCUT2D eigenvalue weighted by Gasteiger charge is -2.28. The van der Waals surface area contributed by atoms with Gasteiger partial charge in [-0.3, -0.25) is 4.90 Å². The zero-order chi connectivity index (χ0) is 16.5. The lowest BCUT2D eigenvalue weighted by molar-refractivity contribution is 0.211. The number of pyridine rings is 1. The van der Waals surface area contributed by atoms with E-state index >= 15 is 0 Å². The van der Waals surface area contributed by atoms with Crippen LogP contribution in [0.5, 0.6) is 5.88 Å². The number of aromatic nitrogens is 3. The van der Waals surface area contributed by atoms with Gasteiger partial charge < -0.3 is 4.74 Å². The number of ether oxygens (including phenoxy) is 1. The first-order chi connectivity index (χ1) is 11.7. The number of hydrogen-bond donors (Lipinski definition) is 0. The van der Waals surface area contributed by atoms with Gasteiger partial charge in [0.2, 0.25) is 5.88 Å². The fourth-order valence-corrected chi connectivity index (χ4v) is 3.18. The van der Waals surface area contributed by atoms with Crippen LogP contribution in [0.25, 0.3) is 0 Å². The van der Waals surface area contributed by atoms with Gasteiger partial charge in [0.15, 0.2) is 0 Å². The Morgan fingerprint density at radius 3 is 2.96 bits per heavy atom. The van der Waals surface area contributed by atoms with E-state index < -0.39 is 0 Å². The molecule has 0 atom stereocenters. The molecule has 4 rings (SSSR count). The standard InChI is InChI=1S/C19H24N4O/c1-13(2)24-19-15(4-3-8-20-19)11-23-9-7-17-16(12-23)10-21-18(22-17)14-5-6-14/h3-4,8,10,13-14H,5-7,9,11-12H2,1-2H3. The summed E-state index contributed by atoms with van der Waals surface area (Å²) in [6.45, 7) is 6.83. The zero-order valence-electron chi connectivity index (χ0n) is 14.4. The highest BCUT2D eigenvalue weighted by atomic mass is 16.5. The molecule has 0 aromatic carbocycles. The number of fused-ring (bicyclic) bond motifs is 1. The third kappa shape index (κ3) is 3.41. The molecular formula is C19H24N4O. The first-order valence-electron chi connectivity index (χ1n) is 8.86. The molecule has 2 aliphatic rings. The Bertz CT molecular complexity index is 727. The van der Waals surface area contributed by atoms with Gasteiger partial charge in [-0.1, -0.05) is 6.07 Å². The van der Waals surface area contributed by atoms with E-state index in [2.05, 4.69) is 20.9 Å². The molecule has 5 nitrogen and oxygen atoms in total. The minimum absolute atomic E-state index is 0.134. The summed E-state index contributed by atoms with van der Waals surface area (Å²) in [5.74, 6) is 2.43. The number of rotatable bonds is 5. The Labute approximate surface area is 143 Å². The summed E-state index contributed by atoms with van der Waals surface area (Å²) in [7, 11) is 0. The van der Waals surface area contributed by atoms with Crippen molar-refractivity contribution in [2.75, 3.05) is 6.54 Å². The lowest BCUT2D eigenvalue weighted by Crippen LogP contribution is -2.31. The van der Waals surface area contributed by atoms with Crippen LogP contribution in [-0.2, 0) is 19.5 Å². The minimum atomic E-state index is 0.134. The topological polar surface area (TPSA) is 51.1 Å². The van der Waals surface area contributed by atoms with E-state index in [4.69, 9.17) is 9.72 Å². The van der Waals surface area contributed by atoms with Gasteiger partial charge in [-0.25, -0.2) is 15.0 Å². The second-order valence-electron chi connectivity index (χ2n) is 7.07. The van der Waals surface area contributed by atoms with Crippen molar-refractivity contribution in [3.63, 3.8) is 0 Å². The molecule has 0 N–H and O–H groups in total. The maximum Gasteiger partial charge on any atom is 0.218 e. The van der Waals surface area contributed by atoms with Crippen LogP contribution in [0.4, 0.5) is 0 Å². The molecule has 5 heteroatoms. The Hall–Kier alpha value is -2.01. The highest BCUT2D eigenvalue weighted by molar-refractivity contribution is 5.27. The molecule has 0 radical (unpaired) electrons. The fraction of sp³-hybridized carbons (Fsp3) is 0.526. The quantitative estimate of drug-likeness (QED) is 0.846. The summed E-state index contributed by atoms with van der Waals surface area (Å²) in [5, 5.41) is 0. The molecule has 0 saturated heterocycles. The molecule has 126 valence electrons. The molecule has 0 bridgehead atoms. The average molecular weight is 324 g/mol. The van der Waals surface area contributed by atoms with Crippen molar-refractivity contribution in [1.82, 2.24) is 19.9 Å². The van der Waals surface area contributed by atoms with E-state index in [-0.39, 0.29) is 6.10 Å². The molecule has 0 amide bonds. The highest BCUT2D eigenvalue weighted by Gasteiger charge is 2.28. The highest BCUT2D eigenvalue weighted by Crippen LogP contribution is 2.38. The number of nitrogens with zero attached hydrogens (tertiary/aromatic N) is 4. The molecule has 0 unspecified atom stereocenters. The van der Waals surface area contributed by atoms with Crippen molar-refractivity contribution in [2.45, 2.75) is 58.2 Å². The van der Waals surface area contributed by atoms with Crippen LogP contribution in [-0.4, -0.2) is 32.5 Å². The number of hydrogen-bond acceptors (Lipinski definition) is 5. The third-order valence-electron chi connectivity index (χ3n) is 4.57. The summed E-state index contributed by atoms with van der Waals surface area (Å²) in [5.41, 5.74) is 3.65. The molecule has 1 aliphatic heterocycles. The molecule has 1 fully saturated rings. The predicted octanol–water partition coefficient (Wildman–Crippen LogP) is 3.09. The first-order valence-corrected chi connectivity index (χ1v) is 8.86. The van der Waals surface area contributed by atoms with Gasteiger partial charge in [0, 0.05) is 61.2 Å². The monoisotopic (exact) mass is 324 g/mol. The van der Waals surface area contributed by atoms with Crippen LogP contribution in [0.15, 0.2) is 24.5 Å². The van der Waals surface area contributed by atoms with Gasteiger partial charge in [0.1, 0.15) is 5.82 Å². The average Bonchev–Trinajstić information content (AvgIpc) is 3.41. The summed E-state index contributed by atoms with van der Waals surface area (Å²) >= 11 is 0. The predicted molar refractivity (Wildman–Crippen MR) is 91.8 cm³/mol. The van der Waals surface area contributed by atoms with E-state index in [9.17, 15) is 0 Å². The normalized spacial score (nSPS) is 17.8. The van der Waals surface area contributed by atoms with E-state index in [0.29, 0.717) is 5.92 Å². The van der Waals surface area contributed by atoms with Gasteiger partial charge in [-0.2, -0.15) is 0 Å². The van der Waals surface area contributed by atoms with Crippen LogP contribution in [0.1, 0.15) is 55.3 Å². The first kappa shape index (κ1) is 15.5. The second kappa shape index (κ2) is 6.48. The summed E-state index contributed by atoms with van der Waals surface area (Å²) in [6.07, 6.45) is 7.47. The van der Waals surface area contributed by atoms with Gasteiger partial charge >= 0.3 is 0 Å². The SMILES string of the molecule is CC(C)Oc1ncccc1CN1CCc2nc(C3CC3)ncc2C1. The Morgan fingerprint density at radius 2 is 2.17 bits per heavy atom. The van der Waals surface area contributed by atoms with Crippen molar-refractivity contribution in [1.29, 1.82) is 0 Å². The fourth-order valence-electron chi connectivity index (χ4n) is 3.18. The molecule has 1 saturated carbocycles. The maximum atomic E-state index is 5.84. The summed E-state index contributed by atoms with van der Waals surface area (Å²) < 4.78 is 5.84. The molecular weight excluding hydrogens is 300 g/mol. The van der Waals surface area contributed by atoms with Crippen LogP contribution < -0.4 is 4.74 Å². The Morgan fingerprint density at radius 1 is 1.29 bits per heavy atom. The molecule has 3 heterocycles. The maximum absolute atomic E-state index is 5.84. The van der Waals surface area contributed by atoms with Crippen molar-refractivity contribution in [2.24, 2.45) is 0 Å². The Kier molecular flexibility index (Phi) is 4.19. The summed E-state index contributed by atoms with van der Waals surface area (Å²) in [4.78, 5) is 16.2. The third-order valence-corrected chi connectivity index (χ3v) is 4.57. The lowest BCUT2D eigenvalue weighted by atomic mass is 10.1. The summed E-state index contributed by atoms with van der Waals surface area (Å²) in [6, 6.07) is 4.08. The van der Waals surface area contributed by atoms with E-state index in [0.717, 1.165) is 43.3 Å². The van der Waals surface area contributed by atoms with E-state index in [1.54, 1.807) is 6.20 Å². The van der Waals surface area contributed by atoms with Crippen LogP contribution in [0.3, 0.4) is 0 Å². The smallest absolute Gasteiger partial charge is 0.218 e. The van der Waals surface area contributed by atoms with Gasteiger partial charge in [0.05, 0.1) is 6.10 Å².